The number of amides is 1. The normalized spacial score (nSPS) is 10.2. The van der Waals surface area contributed by atoms with Crippen molar-refractivity contribution in [2.75, 3.05) is 6.54 Å². The number of hydrogen-bond donors (Lipinski definition) is 2. The van der Waals surface area contributed by atoms with Gasteiger partial charge in [-0.15, -0.1) is 0 Å². The Morgan fingerprint density at radius 2 is 2.05 bits per heavy atom. The molecule has 0 saturated heterocycles. The molecule has 2 N–H and O–H groups in total. The Kier molecular flexibility index (Phi) is 4.90. The molecule has 2 aromatic rings. The number of carbonyl (C=O) groups excluding carboxylic acids is 1. The lowest BCUT2D eigenvalue weighted by atomic mass is 10.1. The molecule has 1 aromatic carbocycles. The quantitative estimate of drug-likeness (QED) is 0.858. The van der Waals surface area contributed by atoms with Crippen molar-refractivity contribution < 1.29 is 14.7 Å². The highest BCUT2D eigenvalue weighted by Gasteiger charge is 2.05. The lowest BCUT2D eigenvalue weighted by Crippen LogP contribution is -2.27. The number of hydrogen-bond acceptors (Lipinski definition) is 3. The zero-order valence-electron chi connectivity index (χ0n) is 10.8. The maximum absolute atomic E-state index is 11.7. The SMILES string of the molecule is O=C(Cc1ccsc1)NCCc1cccc(C(=O)O)c1. The van der Waals surface area contributed by atoms with Crippen LogP contribution in [0, 0.1) is 0 Å². The maximum atomic E-state index is 11.7. The summed E-state index contributed by atoms with van der Waals surface area (Å²) in [5.74, 6) is -0.953. The van der Waals surface area contributed by atoms with Crippen LogP contribution in [0.5, 0.6) is 0 Å². The summed E-state index contributed by atoms with van der Waals surface area (Å²) in [5.41, 5.74) is 2.19. The van der Waals surface area contributed by atoms with Crippen LogP contribution in [0.1, 0.15) is 21.5 Å². The Morgan fingerprint density at radius 3 is 2.75 bits per heavy atom. The zero-order valence-corrected chi connectivity index (χ0v) is 11.7. The second kappa shape index (κ2) is 6.86. The fraction of sp³-hybridized carbons (Fsp3) is 0.200. The number of benzene rings is 1. The summed E-state index contributed by atoms with van der Waals surface area (Å²) in [7, 11) is 0. The van der Waals surface area contributed by atoms with Crippen molar-refractivity contribution in [1.82, 2.24) is 5.32 Å². The average molecular weight is 289 g/mol. The van der Waals surface area contributed by atoms with Gasteiger partial charge >= 0.3 is 5.97 Å². The molecule has 1 amide bonds. The van der Waals surface area contributed by atoms with Crippen LogP contribution < -0.4 is 5.32 Å². The summed E-state index contributed by atoms with van der Waals surface area (Å²) in [6, 6.07) is 8.69. The lowest BCUT2D eigenvalue weighted by Gasteiger charge is -2.05. The van der Waals surface area contributed by atoms with Gasteiger partial charge in [-0.05, 0) is 46.5 Å². The van der Waals surface area contributed by atoms with E-state index in [4.69, 9.17) is 5.11 Å². The van der Waals surface area contributed by atoms with Gasteiger partial charge in [-0.25, -0.2) is 4.79 Å². The van der Waals surface area contributed by atoms with Gasteiger partial charge in [0, 0.05) is 6.54 Å². The van der Waals surface area contributed by atoms with Gasteiger partial charge in [-0.2, -0.15) is 11.3 Å². The Morgan fingerprint density at radius 1 is 1.20 bits per heavy atom. The average Bonchev–Trinajstić information content (AvgIpc) is 2.92. The molecule has 1 aromatic heterocycles. The second-order valence-corrected chi connectivity index (χ2v) is 5.19. The first-order valence-electron chi connectivity index (χ1n) is 6.25. The van der Waals surface area contributed by atoms with Gasteiger partial charge in [0.25, 0.3) is 0 Å². The van der Waals surface area contributed by atoms with Gasteiger partial charge in [0.1, 0.15) is 0 Å². The molecule has 0 radical (unpaired) electrons. The topological polar surface area (TPSA) is 66.4 Å². The molecule has 1 heterocycles. The first-order chi connectivity index (χ1) is 9.65. The van der Waals surface area contributed by atoms with Crippen LogP contribution in [-0.2, 0) is 17.6 Å². The minimum Gasteiger partial charge on any atom is -0.478 e. The van der Waals surface area contributed by atoms with E-state index in [1.807, 2.05) is 22.9 Å². The first-order valence-corrected chi connectivity index (χ1v) is 7.19. The zero-order chi connectivity index (χ0) is 14.4. The molecule has 5 heteroatoms. The summed E-state index contributed by atoms with van der Waals surface area (Å²) >= 11 is 1.57. The smallest absolute Gasteiger partial charge is 0.335 e. The standard InChI is InChI=1S/C15H15NO3S/c17-14(9-12-5-7-20-10-12)16-6-4-11-2-1-3-13(8-11)15(18)19/h1-3,5,7-8,10H,4,6,9H2,(H,16,17)(H,18,19). The number of carbonyl (C=O) groups is 2. The molecule has 4 nitrogen and oxygen atoms in total. The third-order valence-electron chi connectivity index (χ3n) is 2.85. The second-order valence-electron chi connectivity index (χ2n) is 4.41. The molecular weight excluding hydrogens is 274 g/mol. The van der Waals surface area contributed by atoms with Crippen molar-refractivity contribution in [2.45, 2.75) is 12.8 Å². The number of rotatable bonds is 6. The molecule has 104 valence electrons. The van der Waals surface area contributed by atoms with Crippen LogP contribution >= 0.6 is 11.3 Å². The van der Waals surface area contributed by atoms with Crippen molar-refractivity contribution in [3.05, 3.63) is 57.8 Å². The summed E-state index contributed by atoms with van der Waals surface area (Å²) < 4.78 is 0. The highest BCUT2D eigenvalue weighted by Crippen LogP contribution is 2.07. The Balaban J connectivity index is 1.79. The van der Waals surface area contributed by atoms with Gasteiger partial charge in [0.05, 0.1) is 12.0 Å². The molecule has 2 rings (SSSR count). The van der Waals surface area contributed by atoms with E-state index >= 15 is 0 Å². The van der Waals surface area contributed by atoms with Crippen LogP contribution in [0.4, 0.5) is 0 Å². The van der Waals surface area contributed by atoms with E-state index in [1.165, 1.54) is 0 Å². The summed E-state index contributed by atoms with van der Waals surface area (Å²) in [4.78, 5) is 22.5. The predicted octanol–water partition coefficient (Wildman–Crippen LogP) is 2.35. The van der Waals surface area contributed by atoms with E-state index in [0.717, 1.165) is 11.1 Å². The van der Waals surface area contributed by atoms with Crippen LogP contribution in [0.15, 0.2) is 41.1 Å². The van der Waals surface area contributed by atoms with Crippen LogP contribution in [0.3, 0.4) is 0 Å². The molecule has 0 aliphatic rings. The number of aromatic carboxylic acids is 1. The Hall–Kier alpha value is -2.14. The highest BCUT2D eigenvalue weighted by molar-refractivity contribution is 7.07. The monoisotopic (exact) mass is 289 g/mol. The van der Waals surface area contributed by atoms with Crippen LogP contribution in [0.25, 0.3) is 0 Å². The van der Waals surface area contributed by atoms with Crippen molar-refractivity contribution >= 4 is 23.2 Å². The van der Waals surface area contributed by atoms with E-state index in [2.05, 4.69) is 5.32 Å². The van der Waals surface area contributed by atoms with E-state index in [0.29, 0.717) is 19.4 Å². The van der Waals surface area contributed by atoms with Crippen molar-refractivity contribution in [1.29, 1.82) is 0 Å². The van der Waals surface area contributed by atoms with Gasteiger partial charge in [0.2, 0.25) is 5.91 Å². The van der Waals surface area contributed by atoms with Crippen molar-refractivity contribution in [3.63, 3.8) is 0 Å². The summed E-state index contributed by atoms with van der Waals surface area (Å²) in [6.07, 6.45) is 1.01. The lowest BCUT2D eigenvalue weighted by molar-refractivity contribution is -0.120. The van der Waals surface area contributed by atoms with E-state index in [9.17, 15) is 9.59 Å². The third-order valence-corrected chi connectivity index (χ3v) is 3.59. The van der Waals surface area contributed by atoms with E-state index in [-0.39, 0.29) is 11.5 Å². The number of thiophene rings is 1. The molecule has 20 heavy (non-hydrogen) atoms. The number of nitrogens with one attached hydrogen (secondary N) is 1. The van der Waals surface area contributed by atoms with E-state index in [1.54, 1.807) is 29.5 Å². The van der Waals surface area contributed by atoms with Crippen molar-refractivity contribution in [3.8, 4) is 0 Å². The predicted molar refractivity (Wildman–Crippen MR) is 78.1 cm³/mol. The minimum atomic E-state index is -0.937. The molecule has 0 aliphatic heterocycles. The fourth-order valence-corrected chi connectivity index (χ4v) is 2.52. The Labute approximate surface area is 121 Å². The first kappa shape index (κ1) is 14.3. The summed E-state index contributed by atoms with van der Waals surface area (Å²) in [6.45, 7) is 0.506. The number of carboxylic acids is 1. The largest absolute Gasteiger partial charge is 0.478 e. The molecule has 0 spiro atoms. The van der Waals surface area contributed by atoms with Gasteiger partial charge in [-0.1, -0.05) is 12.1 Å². The van der Waals surface area contributed by atoms with Gasteiger partial charge < -0.3 is 10.4 Å². The third kappa shape index (κ3) is 4.20. The van der Waals surface area contributed by atoms with Crippen LogP contribution in [-0.4, -0.2) is 23.5 Å². The molecule has 0 atom stereocenters. The maximum Gasteiger partial charge on any atom is 0.335 e. The molecule has 0 fully saturated rings. The molecular formula is C15H15NO3S. The Bertz CT molecular complexity index is 593. The summed E-state index contributed by atoms with van der Waals surface area (Å²) in [5, 5.41) is 15.6. The molecule has 0 unspecified atom stereocenters. The number of carboxylic acid groups (broad SMARTS) is 1. The van der Waals surface area contributed by atoms with Crippen LogP contribution in [0.2, 0.25) is 0 Å². The van der Waals surface area contributed by atoms with E-state index < -0.39 is 5.97 Å². The molecule has 0 bridgehead atoms. The van der Waals surface area contributed by atoms with Gasteiger partial charge in [-0.3, -0.25) is 4.79 Å². The fourth-order valence-electron chi connectivity index (χ4n) is 1.85. The van der Waals surface area contributed by atoms with Crippen molar-refractivity contribution in [2.24, 2.45) is 0 Å². The molecule has 0 saturated carbocycles. The minimum absolute atomic E-state index is 0.0159. The highest BCUT2D eigenvalue weighted by atomic mass is 32.1. The molecule has 0 aliphatic carbocycles. The van der Waals surface area contributed by atoms with Gasteiger partial charge in [0.15, 0.2) is 0 Å².